The Balaban J connectivity index is 0.00000364. The molecule has 148 valence electrons. The van der Waals surface area contributed by atoms with Crippen LogP contribution in [0.15, 0.2) is 53.5 Å². The van der Waals surface area contributed by atoms with Crippen LogP contribution in [0.25, 0.3) is 0 Å². The van der Waals surface area contributed by atoms with Crippen LogP contribution in [0.4, 0.5) is 0 Å². The predicted octanol–water partition coefficient (Wildman–Crippen LogP) is 3.20. The maximum Gasteiger partial charge on any atom is 0.191 e. The number of halogens is 1. The SMILES string of the molecule is CN=C(NCCOc1ccc(OC)cc1)NCc1ccccc1COC.I. The number of aliphatic imine (C=N–C) groups is 1. The zero-order chi connectivity index (χ0) is 18.6. The zero-order valence-corrected chi connectivity index (χ0v) is 18.4. The van der Waals surface area contributed by atoms with Gasteiger partial charge in [-0.3, -0.25) is 4.99 Å². The fourth-order valence-corrected chi connectivity index (χ4v) is 2.44. The molecule has 0 aliphatic heterocycles. The van der Waals surface area contributed by atoms with Crippen LogP contribution in [0.5, 0.6) is 11.5 Å². The molecule has 2 aromatic rings. The second-order valence-electron chi connectivity index (χ2n) is 5.58. The summed E-state index contributed by atoms with van der Waals surface area (Å²) in [5.74, 6) is 2.36. The number of methoxy groups -OCH3 is 2. The fraction of sp³-hybridized carbons (Fsp3) is 0.350. The summed E-state index contributed by atoms with van der Waals surface area (Å²) in [7, 11) is 5.10. The summed E-state index contributed by atoms with van der Waals surface area (Å²) >= 11 is 0. The summed E-state index contributed by atoms with van der Waals surface area (Å²) in [6, 6.07) is 15.7. The number of nitrogens with zero attached hydrogens (tertiary/aromatic N) is 1. The van der Waals surface area contributed by atoms with Crippen LogP contribution < -0.4 is 20.1 Å². The van der Waals surface area contributed by atoms with Gasteiger partial charge in [0, 0.05) is 20.7 Å². The highest BCUT2D eigenvalue weighted by Gasteiger charge is 2.03. The number of benzene rings is 2. The van der Waals surface area contributed by atoms with Crippen molar-refractivity contribution in [3.05, 3.63) is 59.7 Å². The molecular weight excluding hydrogens is 457 g/mol. The van der Waals surface area contributed by atoms with Crippen molar-refractivity contribution in [3.63, 3.8) is 0 Å². The van der Waals surface area contributed by atoms with Crippen LogP contribution >= 0.6 is 24.0 Å². The molecule has 0 unspecified atom stereocenters. The monoisotopic (exact) mass is 485 g/mol. The summed E-state index contributed by atoms with van der Waals surface area (Å²) in [5.41, 5.74) is 2.35. The van der Waals surface area contributed by atoms with Gasteiger partial charge in [0.15, 0.2) is 5.96 Å². The maximum atomic E-state index is 5.70. The van der Waals surface area contributed by atoms with Crippen LogP contribution in [0.3, 0.4) is 0 Å². The molecule has 7 heteroatoms. The van der Waals surface area contributed by atoms with E-state index in [1.165, 1.54) is 11.1 Å². The largest absolute Gasteiger partial charge is 0.497 e. The van der Waals surface area contributed by atoms with Gasteiger partial charge in [0.05, 0.1) is 20.3 Å². The Morgan fingerprint density at radius 3 is 2.22 bits per heavy atom. The molecule has 2 aromatic carbocycles. The third-order valence-corrected chi connectivity index (χ3v) is 3.81. The van der Waals surface area contributed by atoms with Gasteiger partial charge in [-0.1, -0.05) is 24.3 Å². The molecule has 0 heterocycles. The van der Waals surface area contributed by atoms with Crippen LogP contribution in [-0.4, -0.2) is 40.4 Å². The van der Waals surface area contributed by atoms with Gasteiger partial charge >= 0.3 is 0 Å². The van der Waals surface area contributed by atoms with Crippen LogP contribution in [0.1, 0.15) is 11.1 Å². The number of ether oxygens (including phenoxy) is 3. The van der Waals surface area contributed by atoms with Crippen molar-refractivity contribution in [2.75, 3.05) is 34.4 Å². The normalized spacial score (nSPS) is 10.7. The second kappa shape index (κ2) is 13.2. The Morgan fingerprint density at radius 2 is 1.59 bits per heavy atom. The van der Waals surface area contributed by atoms with E-state index in [9.17, 15) is 0 Å². The topological polar surface area (TPSA) is 64.1 Å². The number of hydrogen-bond acceptors (Lipinski definition) is 4. The molecule has 0 aliphatic rings. The Kier molecular flexibility index (Phi) is 11.3. The molecule has 0 amide bonds. The van der Waals surface area contributed by atoms with E-state index in [4.69, 9.17) is 14.2 Å². The number of guanidine groups is 1. The molecule has 6 nitrogen and oxygen atoms in total. The Labute approximate surface area is 178 Å². The Hall–Kier alpha value is -2.00. The van der Waals surface area contributed by atoms with Crippen LogP contribution in [0, 0.1) is 0 Å². The van der Waals surface area contributed by atoms with Gasteiger partial charge in [-0.15, -0.1) is 24.0 Å². The van der Waals surface area contributed by atoms with Crippen LogP contribution in [-0.2, 0) is 17.9 Å². The molecule has 0 fully saturated rings. The summed E-state index contributed by atoms with van der Waals surface area (Å²) < 4.78 is 16.1. The summed E-state index contributed by atoms with van der Waals surface area (Å²) in [4.78, 5) is 4.24. The van der Waals surface area contributed by atoms with E-state index in [1.54, 1.807) is 21.3 Å². The molecule has 0 atom stereocenters. The van der Waals surface area contributed by atoms with Gasteiger partial charge in [0.25, 0.3) is 0 Å². The van der Waals surface area contributed by atoms with E-state index in [0.717, 1.165) is 17.5 Å². The molecule has 0 saturated carbocycles. The third kappa shape index (κ3) is 8.04. The quantitative estimate of drug-likeness (QED) is 0.247. The lowest BCUT2D eigenvalue weighted by atomic mass is 10.1. The molecule has 0 aromatic heterocycles. The molecule has 0 spiro atoms. The predicted molar refractivity (Wildman–Crippen MR) is 119 cm³/mol. The van der Waals surface area contributed by atoms with E-state index in [0.29, 0.717) is 26.3 Å². The van der Waals surface area contributed by atoms with E-state index in [1.807, 2.05) is 36.4 Å². The van der Waals surface area contributed by atoms with Gasteiger partial charge in [-0.25, -0.2) is 0 Å². The highest BCUT2D eigenvalue weighted by atomic mass is 127. The molecule has 2 N–H and O–H groups in total. The van der Waals surface area contributed by atoms with Crippen molar-refractivity contribution in [1.29, 1.82) is 0 Å². The smallest absolute Gasteiger partial charge is 0.191 e. The molecule has 0 aliphatic carbocycles. The van der Waals surface area contributed by atoms with Crippen molar-refractivity contribution in [2.24, 2.45) is 4.99 Å². The Bertz CT molecular complexity index is 693. The van der Waals surface area contributed by atoms with E-state index in [2.05, 4.69) is 27.8 Å². The number of nitrogens with one attached hydrogen (secondary N) is 2. The van der Waals surface area contributed by atoms with Crippen LogP contribution in [0.2, 0.25) is 0 Å². The molecule has 27 heavy (non-hydrogen) atoms. The first kappa shape index (κ1) is 23.0. The minimum absolute atomic E-state index is 0. The third-order valence-electron chi connectivity index (χ3n) is 3.81. The van der Waals surface area contributed by atoms with Crippen molar-refractivity contribution >= 4 is 29.9 Å². The lowest BCUT2D eigenvalue weighted by molar-refractivity contribution is 0.184. The standard InChI is InChI=1S/C20H27N3O3.HI/c1-21-20(23-14-16-6-4-5-7-17(16)15-24-2)22-12-13-26-19-10-8-18(25-3)9-11-19;/h4-11H,12-15H2,1-3H3,(H2,21,22,23);1H. The molecular formula is C20H28IN3O3. The molecule has 0 radical (unpaired) electrons. The van der Waals surface area contributed by atoms with Crippen molar-refractivity contribution in [2.45, 2.75) is 13.2 Å². The average Bonchev–Trinajstić information content (AvgIpc) is 2.69. The summed E-state index contributed by atoms with van der Waals surface area (Å²) in [6.07, 6.45) is 0. The lowest BCUT2D eigenvalue weighted by Gasteiger charge is -2.14. The lowest BCUT2D eigenvalue weighted by Crippen LogP contribution is -2.39. The van der Waals surface area contributed by atoms with E-state index in [-0.39, 0.29) is 24.0 Å². The molecule has 0 saturated heterocycles. The first-order valence-electron chi connectivity index (χ1n) is 8.54. The van der Waals surface area contributed by atoms with Gasteiger partial charge < -0.3 is 24.8 Å². The zero-order valence-electron chi connectivity index (χ0n) is 16.0. The minimum Gasteiger partial charge on any atom is -0.497 e. The highest BCUT2D eigenvalue weighted by molar-refractivity contribution is 14.0. The van der Waals surface area contributed by atoms with Gasteiger partial charge in [-0.05, 0) is 35.4 Å². The Morgan fingerprint density at radius 1 is 0.926 bits per heavy atom. The van der Waals surface area contributed by atoms with Crippen molar-refractivity contribution < 1.29 is 14.2 Å². The van der Waals surface area contributed by atoms with Gasteiger partial charge in [0.1, 0.15) is 18.1 Å². The van der Waals surface area contributed by atoms with E-state index >= 15 is 0 Å². The summed E-state index contributed by atoms with van der Waals surface area (Å²) in [5, 5.41) is 6.55. The van der Waals surface area contributed by atoms with Crippen molar-refractivity contribution in [1.82, 2.24) is 10.6 Å². The first-order chi connectivity index (χ1) is 12.8. The van der Waals surface area contributed by atoms with Gasteiger partial charge in [0.2, 0.25) is 0 Å². The van der Waals surface area contributed by atoms with E-state index < -0.39 is 0 Å². The first-order valence-corrected chi connectivity index (χ1v) is 8.54. The summed E-state index contributed by atoms with van der Waals surface area (Å²) in [6.45, 7) is 2.46. The molecule has 2 rings (SSSR count). The van der Waals surface area contributed by atoms with Gasteiger partial charge in [-0.2, -0.15) is 0 Å². The maximum absolute atomic E-state index is 5.70. The molecule has 0 bridgehead atoms. The number of rotatable bonds is 9. The highest BCUT2D eigenvalue weighted by Crippen LogP contribution is 2.16. The number of hydrogen-bond donors (Lipinski definition) is 2. The average molecular weight is 485 g/mol. The second-order valence-corrected chi connectivity index (χ2v) is 5.58. The fourth-order valence-electron chi connectivity index (χ4n) is 2.44. The minimum atomic E-state index is 0. The van der Waals surface area contributed by atoms with Crippen molar-refractivity contribution in [3.8, 4) is 11.5 Å².